The first-order valence-electron chi connectivity index (χ1n) is 6.06. The van der Waals surface area contributed by atoms with Crippen LogP contribution in [0, 0.1) is 11.8 Å². The van der Waals surface area contributed by atoms with Crippen LogP contribution in [0.5, 0.6) is 0 Å². The molecule has 1 N–H and O–H groups in total. The van der Waals surface area contributed by atoms with E-state index < -0.39 is 0 Å². The Labute approximate surface area is 106 Å². The van der Waals surface area contributed by atoms with E-state index in [0.29, 0.717) is 6.54 Å². The Hall–Kier alpha value is -0.0900. The van der Waals surface area contributed by atoms with E-state index in [-0.39, 0.29) is 10.8 Å². The number of ether oxygens (including phenoxy) is 1. The molecule has 4 heteroatoms. The standard InChI is InChI=1S/C12H22BrNO2/c1-9-4-3-5-10(6-9)7-14-8-11(13)12(15)16-2/h9-11,14H,3-8H2,1-2H3. The van der Waals surface area contributed by atoms with Gasteiger partial charge in [-0.25, -0.2) is 0 Å². The maximum absolute atomic E-state index is 11.1. The third kappa shape index (κ3) is 4.83. The molecule has 16 heavy (non-hydrogen) atoms. The highest BCUT2D eigenvalue weighted by Gasteiger charge is 2.19. The van der Waals surface area contributed by atoms with E-state index >= 15 is 0 Å². The fourth-order valence-corrected chi connectivity index (χ4v) is 2.79. The normalized spacial score (nSPS) is 27.4. The number of rotatable bonds is 5. The van der Waals surface area contributed by atoms with Crippen molar-refractivity contribution in [2.24, 2.45) is 11.8 Å². The summed E-state index contributed by atoms with van der Waals surface area (Å²) in [7, 11) is 1.42. The summed E-state index contributed by atoms with van der Waals surface area (Å²) in [5.41, 5.74) is 0. The molecule has 1 aliphatic rings. The van der Waals surface area contributed by atoms with Gasteiger partial charge in [0.1, 0.15) is 4.83 Å². The first-order chi connectivity index (χ1) is 7.63. The number of carbonyl (C=O) groups is 1. The van der Waals surface area contributed by atoms with Crippen LogP contribution in [-0.2, 0) is 9.53 Å². The van der Waals surface area contributed by atoms with Crippen molar-refractivity contribution >= 4 is 21.9 Å². The number of alkyl halides is 1. The zero-order valence-corrected chi connectivity index (χ0v) is 11.8. The Morgan fingerprint density at radius 3 is 2.94 bits per heavy atom. The number of halogens is 1. The molecule has 0 bridgehead atoms. The van der Waals surface area contributed by atoms with Crippen LogP contribution >= 0.6 is 15.9 Å². The molecule has 0 spiro atoms. The van der Waals surface area contributed by atoms with Crippen LogP contribution in [0.2, 0.25) is 0 Å². The van der Waals surface area contributed by atoms with E-state index in [1.165, 1.54) is 32.8 Å². The molecule has 1 aliphatic carbocycles. The fourth-order valence-electron chi connectivity index (χ4n) is 2.37. The maximum Gasteiger partial charge on any atom is 0.320 e. The largest absolute Gasteiger partial charge is 0.468 e. The van der Waals surface area contributed by atoms with Crippen LogP contribution in [0.4, 0.5) is 0 Å². The molecule has 0 radical (unpaired) electrons. The van der Waals surface area contributed by atoms with Gasteiger partial charge in [0.2, 0.25) is 0 Å². The Morgan fingerprint density at radius 2 is 2.31 bits per heavy atom. The average Bonchev–Trinajstić information content (AvgIpc) is 2.28. The lowest BCUT2D eigenvalue weighted by Crippen LogP contribution is -2.34. The molecular formula is C12H22BrNO2. The molecule has 3 unspecified atom stereocenters. The number of carbonyl (C=O) groups excluding carboxylic acids is 1. The first kappa shape index (κ1) is 14.0. The summed E-state index contributed by atoms with van der Waals surface area (Å²) in [6.45, 7) is 3.99. The van der Waals surface area contributed by atoms with E-state index in [4.69, 9.17) is 0 Å². The van der Waals surface area contributed by atoms with Crippen LogP contribution in [0.1, 0.15) is 32.6 Å². The summed E-state index contributed by atoms with van der Waals surface area (Å²) in [6, 6.07) is 0. The lowest BCUT2D eigenvalue weighted by molar-refractivity contribution is -0.139. The van der Waals surface area contributed by atoms with Gasteiger partial charge in [0.05, 0.1) is 7.11 Å². The van der Waals surface area contributed by atoms with Crippen LogP contribution < -0.4 is 5.32 Å². The molecule has 0 aliphatic heterocycles. The van der Waals surface area contributed by atoms with E-state index in [9.17, 15) is 4.79 Å². The molecular weight excluding hydrogens is 270 g/mol. The number of hydrogen-bond acceptors (Lipinski definition) is 3. The van der Waals surface area contributed by atoms with Gasteiger partial charge in [-0.1, -0.05) is 35.7 Å². The minimum absolute atomic E-state index is 0.204. The highest BCUT2D eigenvalue weighted by Crippen LogP contribution is 2.27. The third-order valence-electron chi connectivity index (χ3n) is 3.26. The molecule has 94 valence electrons. The number of nitrogens with one attached hydrogen (secondary N) is 1. The zero-order valence-electron chi connectivity index (χ0n) is 10.2. The van der Waals surface area contributed by atoms with Gasteiger partial charge in [-0.2, -0.15) is 0 Å². The van der Waals surface area contributed by atoms with Crippen LogP contribution in [0.25, 0.3) is 0 Å². The monoisotopic (exact) mass is 291 g/mol. The highest BCUT2D eigenvalue weighted by atomic mass is 79.9. The second-order valence-corrected chi connectivity index (χ2v) is 5.89. The maximum atomic E-state index is 11.1. The Morgan fingerprint density at radius 1 is 1.56 bits per heavy atom. The summed E-state index contributed by atoms with van der Waals surface area (Å²) in [5.74, 6) is 1.44. The minimum atomic E-state index is -0.224. The molecule has 0 aromatic rings. The molecule has 0 aromatic carbocycles. The first-order valence-corrected chi connectivity index (χ1v) is 6.97. The lowest BCUT2D eigenvalue weighted by Gasteiger charge is -2.27. The molecule has 0 aromatic heterocycles. The number of methoxy groups -OCH3 is 1. The number of esters is 1. The number of hydrogen-bond donors (Lipinski definition) is 1. The topological polar surface area (TPSA) is 38.3 Å². The van der Waals surface area contributed by atoms with Crippen LogP contribution in [-0.4, -0.2) is 31.0 Å². The average molecular weight is 292 g/mol. The van der Waals surface area contributed by atoms with E-state index in [0.717, 1.165) is 18.4 Å². The van der Waals surface area contributed by atoms with Crippen molar-refractivity contribution < 1.29 is 9.53 Å². The molecule has 0 amide bonds. The van der Waals surface area contributed by atoms with Crippen LogP contribution in [0.15, 0.2) is 0 Å². The van der Waals surface area contributed by atoms with Crippen molar-refractivity contribution in [3.63, 3.8) is 0 Å². The molecule has 3 nitrogen and oxygen atoms in total. The Bertz CT molecular complexity index is 223. The smallest absolute Gasteiger partial charge is 0.320 e. The summed E-state index contributed by atoms with van der Waals surface area (Å²) < 4.78 is 4.65. The summed E-state index contributed by atoms with van der Waals surface area (Å²) in [6.07, 6.45) is 5.36. The van der Waals surface area contributed by atoms with E-state index in [2.05, 4.69) is 32.9 Å². The molecule has 3 atom stereocenters. The predicted molar refractivity (Wildman–Crippen MR) is 68.7 cm³/mol. The van der Waals surface area contributed by atoms with Crippen molar-refractivity contribution in [1.29, 1.82) is 0 Å². The summed E-state index contributed by atoms with van der Waals surface area (Å²) in [4.78, 5) is 10.9. The van der Waals surface area contributed by atoms with Crippen molar-refractivity contribution in [3.8, 4) is 0 Å². The van der Waals surface area contributed by atoms with Gasteiger partial charge < -0.3 is 10.1 Å². The Kier molecular flexibility index (Phi) is 6.36. The van der Waals surface area contributed by atoms with Gasteiger partial charge in [0.15, 0.2) is 0 Å². The van der Waals surface area contributed by atoms with Gasteiger partial charge in [-0.15, -0.1) is 0 Å². The van der Waals surface area contributed by atoms with Crippen molar-refractivity contribution in [1.82, 2.24) is 5.32 Å². The molecule has 1 rings (SSSR count). The zero-order chi connectivity index (χ0) is 12.0. The summed E-state index contributed by atoms with van der Waals surface area (Å²) in [5, 5.41) is 3.34. The summed E-state index contributed by atoms with van der Waals surface area (Å²) >= 11 is 3.30. The molecule has 0 saturated heterocycles. The minimum Gasteiger partial charge on any atom is -0.468 e. The predicted octanol–water partition coefficient (Wildman–Crippen LogP) is 2.34. The van der Waals surface area contributed by atoms with Crippen molar-refractivity contribution in [2.75, 3.05) is 20.2 Å². The van der Waals surface area contributed by atoms with Gasteiger partial charge in [0, 0.05) is 6.54 Å². The SMILES string of the molecule is COC(=O)C(Br)CNCC1CCCC(C)C1. The van der Waals surface area contributed by atoms with Crippen LogP contribution in [0.3, 0.4) is 0 Å². The van der Waals surface area contributed by atoms with Gasteiger partial charge in [0.25, 0.3) is 0 Å². The Balaban J connectivity index is 2.12. The van der Waals surface area contributed by atoms with Gasteiger partial charge >= 0.3 is 5.97 Å². The second-order valence-electron chi connectivity index (χ2n) is 4.79. The van der Waals surface area contributed by atoms with E-state index in [1.54, 1.807) is 0 Å². The lowest BCUT2D eigenvalue weighted by atomic mass is 9.82. The third-order valence-corrected chi connectivity index (χ3v) is 3.96. The second kappa shape index (κ2) is 7.28. The molecule has 1 saturated carbocycles. The van der Waals surface area contributed by atoms with Crippen molar-refractivity contribution in [3.05, 3.63) is 0 Å². The molecule has 0 heterocycles. The highest BCUT2D eigenvalue weighted by molar-refractivity contribution is 9.10. The van der Waals surface area contributed by atoms with E-state index in [1.807, 2.05) is 0 Å². The van der Waals surface area contributed by atoms with Gasteiger partial charge in [-0.3, -0.25) is 4.79 Å². The quantitative estimate of drug-likeness (QED) is 0.624. The fraction of sp³-hybridized carbons (Fsp3) is 0.917. The van der Waals surface area contributed by atoms with Crippen molar-refractivity contribution in [2.45, 2.75) is 37.4 Å². The van der Waals surface area contributed by atoms with Gasteiger partial charge in [-0.05, 0) is 31.2 Å². The molecule has 1 fully saturated rings.